The quantitative estimate of drug-likeness (QED) is 0.902. The zero-order valence-corrected chi connectivity index (χ0v) is 14.4. The molecule has 6 heteroatoms. The fraction of sp³-hybridized carbons (Fsp3) is 0.471. The number of H-pyrrole nitrogens is 1. The third-order valence-electron chi connectivity index (χ3n) is 3.84. The fourth-order valence-electron chi connectivity index (χ4n) is 2.64. The van der Waals surface area contributed by atoms with E-state index in [0.717, 1.165) is 17.1 Å². The van der Waals surface area contributed by atoms with Gasteiger partial charge in [0.25, 0.3) is 0 Å². The predicted molar refractivity (Wildman–Crippen MR) is 91.7 cm³/mol. The van der Waals surface area contributed by atoms with Gasteiger partial charge < -0.3 is 19.9 Å². The highest BCUT2D eigenvalue weighted by Gasteiger charge is 2.33. The van der Waals surface area contributed by atoms with Gasteiger partial charge in [0, 0.05) is 47.8 Å². The number of carbonyl (C=O) groups is 1. The second kappa shape index (κ2) is 6.06. The minimum atomic E-state index is -0.444. The molecule has 1 aliphatic rings. The van der Waals surface area contributed by atoms with Crippen LogP contribution in [0.25, 0.3) is 10.9 Å². The van der Waals surface area contributed by atoms with Crippen molar-refractivity contribution >= 4 is 28.6 Å². The maximum Gasteiger partial charge on any atom is 0.410 e. The van der Waals surface area contributed by atoms with Crippen molar-refractivity contribution in [3.05, 3.63) is 35.0 Å². The Morgan fingerprint density at radius 2 is 2.17 bits per heavy atom. The van der Waals surface area contributed by atoms with Gasteiger partial charge in [0.05, 0.1) is 0 Å². The average molecular weight is 336 g/mol. The number of nitrogens with zero attached hydrogens (tertiary/aromatic N) is 1. The van der Waals surface area contributed by atoms with Gasteiger partial charge in [0.2, 0.25) is 0 Å². The van der Waals surface area contributed by atoms with Gasteiger partial charge in [0.1, 0.15) is 5.60 Å². The number of hydrogen-bond donors (Lipinski definition) is 2. The Morgan fingerprint density at radius 3 is 2.87 bits per heavy atom. The van der Waals surface area contributed by atoms with Gasteiger partial charge in [-0.15, -0.1) is 0 Å². The van der Waals surface area contributed by atoms with Crippen LogP contribution in [0.4, 0.5) is 4.79 Å². The van der Waals surface area contributed by atoms with Crippen LogP contribution in [0.1, 0.15) is 26.3 Å². The number of ether oxygens (including phenoxy) is 1. The predicted octanol–water partition coefficient (Wildman–Crippen LogP) is 3.53. The van der Waals surface area contributed by atoms with Crippen LogP contribution in [-0.4, -0.2) is 40.7 Å². The van der Waals surface area contributed by atoms with Crippen molar-refractivity contribution in [3.63, 3.8) is 0 Å². The molecule has 2 N–H and O–H groups in total. The molecule has 0 saturated carbocycles. The number of likely N-dealkylation sites (tertiary alicyclic amines) is 1. The molecule has 5 nitrogen and oxygen atoms in total. The number of amides is 1. The number of hydrogen-bond acceptors (Lipinski definition) is 3. The summed E-state index contributed by atoms with van der Waals surface area (Å²) in [4.78, 5) is 16.8. The standard InChI is InChI=1S/C17H22ClN3O2/c1-17(2,3)23-16(22)21-9-13(10-21)19-7-11-8-20-15-6-12(18)4-5-14(11)15/h4-6,8,13,19-20H,7,9-10H2,1-3H3. The summed E-state index contributed by atoms with van der Waals surface area (Å²) in [5.74, 6) is 0. The second-order valence-corrected chi connectivity index (χ2v) is 7.40. The molecule has 1 fully saturated rings. The van der Waals surface area contributed by atoms with Crippen molar-refractivity contribution in [2.24, 2.45) is 0 Å². The van der Waals surface area contributed by atoms with Crippen molar-refractivity contribution in [1.82, 2.24) is 15.2 Å². The number of aromatic nitrogens is 1. The molecule has 3 rings (SSSR count). The molecule has 2 aromatic rings. The van der Waals surface area contributed by atoms with E-state index in [1.165, 1.54) is 10.9 Å². The molecule has 124 valence electrons. The van der Waals surface area contributed by atoms with Crippen molar-refractivity contribution in [3.8, 4) is 0 Å². The summed E-state index contributed by atoms with van der Waals surface area (Å²) >= 11 is 5.99. The molecule has 0 unspecified atom stereocenters. The van der Waals surface area contributed by atoms with Gasteiger partial charge in [-0.3, -0.25) is 0 Å². The Bertz CT molecular complexity index is 714. The molecule has 1 aliphatic heterocycles. The lowest BCUT2D eigenvalue weighted by molar-refractivity contribution is 0.00519. The zero-order chi connectivity index (χ0) is 16.6. The SMILES string of the molecule is CC(C)(C)OC(=O)N1CC(NCc2c[nH]c3cc(Cl)ccc23)C1. The minimum Gasteiger partial charge on any atom is -0.444 e. The lowest BCUT2D eigenvalue weighted by Crippen LogP contribution is -2.60. The molecule has 0 atom stereocenters. The molecular weight excluding hydrogens is 314 g/mol. The zero-order valence-electron chi connectivity index (χ0n) is 13.6. The van der Waals surface area contributed by atoms with E-state index >= 15 is 0 Å². The summed E-state index contributed by atoms with van der Waals surface area (Å²) in [5.41, 5.74) is 1.80. The van der Waals surface area contributed by atoms with Gasteiger partial charge in [0.15, 0.2) is 0 Å². The molecule has 0 radical (unpaired) electrons. The number of nitrogens with one attached hydrogen (secondary N) is 2. The van der Waals surface area contributed by atoms with Crippen LogP contribution in [-0.2, 0) is 11.3 Å². The van der Waals surface area contributed by atoms with Gasteiger partial charge in [-0.25, -0.2) is 4.79 Å². The van der Waals surface area contributed by atoms with E-state index in [1.807, 2.05) is 45.2 Å². The smallest absolute Gasteiger partial charge is 0.410 e. The van der Waals surface area contributed by atoms with Crippen molar-refractivity contribution < 1.29 is 9.53 Å². The van der Waals surface area contributed by atoms with Crippen LogP contribution >= 0.6 is 11.6 Å². The molecule has 0 spiro atoms. The van der Waals surface area contributed by atoms with Gasteiger partial charge >= 0.3 is 6.09 Å². The molecule has 0 bridgehead atoms. The third kappa shape index (κ3) is 3.79. The highest BCUT2D eigenvalue weighted by molar-refractivity contribution is 6.31. The molecule has 1 aromatic heterocycles. The molecule has 2 heterocycles. The topological polar surface area (TPSA) is 57.4 Å². The summed E-state index contributed by atoms with van der Waals surface area (Å²) in [6, 6.07) is 6.15. The van der Waals surface area contributed by atoms with Gasteiger partial charge in [-0.05, 0) is 38.5 Å². The highest BCUT2D eigenvalue weighted by atomic mass is 35.5. The number of rotatable bonds is 3. The maximum atomic E-state index is 11.9. The summed E-state index contributed by atoms with van der Waals surface area (Å²) in [7, 11) is 0. The Labute approximate surface area is 140 Å². The molecule has 1 aromatic carbocycles. The van der Waals surface area contributed by atoms with E-state index in [2.05, 4.69) is 10.3 Å². The molecule has 23 heavy (non-hydrogen) atoms. The van der Waals surface area contributed by atoms with Crippen molar-refractivity contribution in [1.29, 1.82) is 0 Å². The minimum absolute atomic E-state index is 0.239. The molecule has 1 amide bonds. The maximum absolute atomic E-state index is 11.9. The van der Waals surface area contributed by atoms with Crippen LogP contribution in [0.3, 0.4) is 0 Å². The third-order valence-corrected chi connectivity index (χ3v) is 4.08. The number of fused-ring (bicyclic) bond motifs is 1. The first-order chi connectivity index (χ1) is 10.8. The van der Waals surface area contributed by atoms with Crippen molar-refractivity contribution in [2.75, 3.05) is 13.1 Å². The Kier molecular flexibility index (Phi) is 4.25. The fourth-order valence-corrected chi connectivity index (χ4v) is 2.81. The largest absolute Gasteiger partial charge is 0.444 e. The van der Waals surface area contributed by atoms with Crippen LogP contribution in [0.2, 0.25) is 5.02 Å². The Balaban J connectivity index is 1.50. The first-order valence-corrected chi connectivity index (χ1v) is 8.16. The monoisotopic (exact) mass is 335 g/mol. The number of carbonyl (C=O) groups excluding carboxylic acids is 1. The van der Waals surface area contributed by atoms with E-state index in [9.17, 15) is 4.79 Å². The first-order valence-electron chi connectivity index (χ1n) is 7.79. The average Bonchev–Trinajstić information content (AvgIpc) is 2.77. The number of aromatic amines is 1. The van der Waals surface area contributed by atoms with Crippen LogP contribution in [0, 0.1) is 0 Å². The van der Waals surface area contributed by atoms with E-state index in [1.54, 1.807) is 4.90 Å². The summed E-state index contributed by atoms with van der Waals surface area (Å²) in [6.45, 7) is 7.76. The van der Waals surface area contributed by atoms with Crippen LogP contribution in [0.15, 0.2) is 24.4 Å². The first kappa shape index (κ1) is 16.1. The molecular formula is C17H22ClN3O2. The second-order valence-electron chi connectivity index (χ2n) is 6.97. The lowest BCUT2D eigenvalue weighted by Gasteiger charge is -2.40. The summed E-state index contributed by atoms with van der Waals surface area (Å²) in [5, 5.41) is 5.37. The molecule has 1 saturated heterocycles. The molecule has 0 aliphatic carbocycles. The summed E-state index contributed by atoms with van der Waals surface area (Å²) < 4.78 is 5.35. The number of benzene rings is 1. The normalized spacial score (nSPS) is 15.7. The lowest BCUT2D eigenvalue weighted by atomic mass is 10.1. The van der Waals surface area contributed by atoms with E-state index in [-0.39, 0.29) is 6.09 Å². The highest BCUT2D eigenvalue weighted by Crippen LogP contribution is 2.22. The van der Waals surface area contributed by atoms with Crippen LogP contribution in [0.5, 0.6) is 0 Å². The van der Waals surface area contributed by atoms with E-state index in [0.29, 0.717) is 19.1 Å². The van der Waals surface area contributed by atoms with Gasteiger partial charge in [-0.1, -0.05) is 17.7 Å². The Hall–Kier alpha value is -1.72. The van der Waals surface area contributed by atoms with E-state index in [4.69, 9.17) is 16.3 Å². The van der Waals surface area contributed by atoms with Gasteiger partial charge in [-0.2, -0.15) is 0 Å². The van der Waals surface area contributed by atoms with E-state index < -0.39 is 5.60 Å². The Morgan fingerprint density at radius 1 is 1.43 bits per heavy atom. The van der Waals surface area contributed by atoms with Crippen molar-refractivity contribution in [2.45, 2.75) is 39.0 Å². The number of halogens is 1. The summed E-state index contributed by atoms with van der Waals surface area (Å²) in [6.07, 6.45) is 1.76. The van der Waals surface area contributed by atoms with Crippen LogP contribution < -0.4 is 5.32 Å².